The van der Waals surface area contributed by atoms with E-state index in [1.165, 1.54) is 6.07 Å². The van der Waals surface area contributed by atoms with E-state index in [2.05, 4.69) is 9.97 Å². The summed E-state index contributed by atoms with van der Waals surface area (Å²) in [7, 11) is 0. The van der Waals surface area contributed by atoms with E-state index in [1.807, 2.05) is 18.7 Å². The molecule has 10 heteroatoms. The van der Waals surface area contributed by atoms with Gasteiger partial charge in [0.15, 0.2) is 0 Å². The summed E-state index contributed by atoms with van der Waals surface area (Å²) in [6.07, 6.45) is -3.00. The Morgan fingerprint density at radius 3 is 2.33 bits per heavy atom. The van der Waals surface area contributed by atoms with Crippen LogP contribution in [0.3, 0.4) is 0 Å². The third kappa shape index (κ3) is 3.93. The average molecular weight is 381 g/mol. The van der Waals surface area contributed by atoms with Gasteiger partial charge in [-0.25, -0.2) is 4.98 Å². The van der Waals surface area contributed by atoms with Gasteiger partial charge in [0.1, 0.15) is 5.82 Å². The van der Waals surface area contributed by atoms with Crippen LogP contribution in [0.15, 0.2) is 24.4 Å². The molecule has 0 radical (unpaired) electrons. The molecule has 1 aliphatic heterocycles. The van der Waals surface area contributed by atoms with Gasteiger partial charge in [-0.2, -0.15) is 13.2 Å². The number of hydrogen-bond acceptors (Lipinski definition) is 6. The van der Waals surface area contributed by atoms with Crippen LogP contribution in [0.5, 0.6) is 0 Å². The fourth-order valence-electron chi connectivity index (χ4n) is 3.12. The van der Waals surface area contributed by atoms with E-state index < -0.39 is 22.4 Å². The first-order chi connectivity index (χ1) is 12.7. The Bertz CT molecular complexity index is 864. The molecule has 2 aromatic rings. The fourth-order valence-corrected chi connectivity index (χ4v) is 3.12. The van der Waals surface area contributed by atoms with Crippen molar-refractivity contribution >= 4 is 17.2 Å². The van der Waals surface area contributed by atoms with Gasteiger partial charge in [0.25, 0.3) is 5.69 Å². The Hall–Kier alpha value is -2.91. The zero-order chi connectivity index (χ0) is 19.8. The summed E-state index contributed by atoms with van der Waals surface area (Å²) in [5.41, 5.74) is -0.0695. The second-order valence-electron chi connectivity index (χ2n) is 6.35. The molecular weight excluding hydrogens is 363 g/mol. The largest absolute Gasteiger partial charge is 0.418 e. The summed E-state index contributed by atoms with van der Waals surface area (Å²) < 4.78 is 40.2. The predicted octanol–water partition coefficient (Wildman–Crippen LogP) is 3.35. The molecule has 144 valence electrons. The molecule has 0 aliphatic carbocycles. The first-order valence-corrected chi connectivity index (χ1v) is 8.32. The summed E-state index contributed by atoms with van der Waals surface area (Å²) in [5, 5.41) is 10.8. The molecule has 1 fully saturated rings. The molecule has 3 rings (SSSR count). The number of hydrogen-bond donors (Lipinski definition) is 0. The maximum atomic E-state index is 13.4. The highest BCUT2D eigenvalue weighted by Gasteiger charge is 2.37. The smallest absolute Gasteiger partial charge is 0.367 e. The Morgan fingerprint density at radius 2 is 1.74 bits per heavy atom. The lowest BCUT2D eigenvalue weighted by Crippen LogP contribution is -2.47. The fraction of sp³-hybridized carbons (Fsp3) is 0.412. The summed E-state index contributed by atoms with van der Waals surface area (Å²) >= 11 is 0. The van der Waals surface area contributed by atoms with Gasteiger partial charge in [0.2, 0.25) is 0 Å². The van der Waals surface area contributed by atoms with Gasteiger partial charge in [-0.3, -0.25) is 15.1 Å². The van der Waals surface area contributed by atoms with Crippen LogP contribution in [0.25, 0.3) is 0 Å². The highest BCUT2D eigenvalue weighted by molar-refractivity contribution is 5.60. The normalized spacial score (nSPS) is 15.1. The van der Waals surface area contributed by atoms with Gasteiger partial charge in [0, 0.05) is 50.2 Å². The first kappa shape index (κ1) is 18.9. The summed E-state index contributed by atoms with van der Waals surface area (Å²) in [4.78, 5) is 22.3. The SMILES string of the molecule is Cc1cnc(C)c(N2CCN(c3ccc([N+](=O)[O-])cc3C(F)(F)F)CC2)n1. The summed E-state index contributed by atoms with van der Waals surface area (Å²) in [6, 6.07) is 2.87. The van der Waals surface area contributed by atoms with Crippen molar-refractivity contribution < 1.29 is 18.1 Å². The number of nitro benzene ring substituents is 1. The number of halogens is 3. The van der Waals surface area contributed by atoms with Crippen LogP contribution in [-0.4, -0.2) is 41.1 Å². The van der Waals surface area contributed by atoms with Crippen molar-refractivity contribution in [2.24, 2.45) is 0 Å². The molecule has 0 N–H and O–H groups in total. The highest BCUT2D eigenvalue weighted by Crippen LogP contribution is 2.39. The maximum absolute atomic E-state index is 13.4. The van der Waals surface area contributed by atoms with Crippen molar-refractivity contribution in [3.8, 4) is 0 Å². The van der Waals surface area contributed by atoms with Crippen LogP contribution in [0.1, 0.15) is 17.0 Å². The Labute approximate surface area is 153 Å². The molecule has 1 aromatic carbocycles. The van der Waals surface area contributed by atoms with Crippen molar-refractivity contribution in [1.82, 2.24) is 9.97 Å². The average Bonchev–Trinajstić information content (AvgIpc) is 2.62. The number of aryl methyl sites for hydroxylation is 2. The zero-order valence-corrected chi connectivity index (χ0v) is 14.8. The molecule has 7 nitrogen and oxygen atoms in total. The first-order valence-electron chi connectivity index (χ1n) is 8.32. The summed E-state index contributed by atoms with van der Waals surface area (Å²) in [5.74, 6) is 0.731. The van der Waals surface area contributed by atoms with Crippen LogP contribution in [0.4, 0.5) is 30.4 Å². The van der Waals surface area contributed by atoms with E-state index in [0.29, 0.717) is 32.2 Å². The molecule has 0 unspecified atom stereocenters. The molecule has 1 aliphatic rings. The molecule has 0 amide bonds. The minimum absolute atomic E-state index is 0.0419. The van der Waals surface area contributed by atoms with Gasteiger partial charge in [-0.1, -0.05) is 0 Å². The quantitative estimate of drug-likeness (QED) is 0.600. The van der Waals surface area contributed by atoms with Crippen LogP contribution in [0, 0.1) is 24.0 Å². The van der Waals surface area contributed by atoms with E-state index in [1.54, 1.807) is 11.1 Å². The second kappa shape index (κ2) is 7.01. The number of aromatic nitrogens is 2. The predicted molar refractivity (Wildman–Crippen MR) is 94.0 cm³/mol. The van der Waals surface area contributed by atoms with Crippen LogP contribution >= 0.6 is 0 Å². The van der Waals surface area contributed by atoms with E-state index in [4.69, 9.17) is 0 Å². The maximum Gasteiger partial charge on any atom is 0.418 e. The number of nitrogens with zero attached hydrogens (tertiary/aromatic N) is 5. The third-order valence-electron chi connectivity index (χ3n) is 4.47. The standard InChI is InChI=1S/C17H18F3N5O2/c1-11-10-21-12(2)16(22-11)24-7-5-23(6-8-24)15-4-3-13(25(26)27)9-14(15)17(18,19)20/h3-4,9-10H,5-8H2,1-2H3. The molecule has 0 bridgehead atoms. The van der Waals surface area contributed by atoms with Crippen molar-refractivity contribution in [1.29, 1.82) is 0 Å². The number of rotatable bonds is 3. The molecule has 0 atom stereocenters. The molecule has 0 saturated carbocycles. The molecule has 2 heterocycles. The number of anilines is 2. The van der Waals surface area contributed by atoms with Gasteiger partial charge < -0.3 is 9.80 Å². The monoisotopic (exact) mass is 381 g/mol. The van der Waals surface area contributed by atoms with E-state index in [9.17, 15) is 23.3 Å². The topological polar surface area (TPSA) is 75.4 Å². The Kier molecular flexibility index (Phi) is 4.90. The minimum Gasteiger partial charge on any atom is -0.367 e. The molecular formula is C17H18F3N5O2. The van der Waals surface area contributed by atoms with Crippen molar-refractivity contribution in [2.45, 2.75) is 20.0 Å². The van der Waals surface area contributed by atoms with Gasteiger partial charge in [-0.05, 0) is 19.9 Å². The van der Waals surface area contributed by atoms with Crippen molar-refractivity contribution in [2.75, 3.05) is 36.0 Å². The van der Waals surface area contributed by atoms with Crippen LogP contribution < -0.4 is 9.80 Å². The Morgan fingerprint density at radius 1 is 1.11 bits per heavy atom. The van der Waals surface area contributed by atoms with Crippen molar-refractivity contribution in [3.63, 3.8) is 0 Å². The lowest BCUT2D eigenvalue weighted by molar-refractivity contribution is -0.385. The van der Waals surface area contributed by atoms with E-state index in [-0.39, 0.29) is 5.69 Å². The molecule has 0 spiro atoms. The molecule has 1 aromatic heterocycles. The lowest BCUT2D eigenvalue weighted by atomic mass is 10.1. The molecule has 1 saturated heterocycles. The van der Waals surface area contributed by atoms with Gasteiger partial charge >= 0.3 is 6.18 Å². The lowest BCUT2D eigenvalue weighted by Gasteiger charge is -2.38. The van der Waals surface area contributed by atoms with Crippen LogP contribution in [-0.2, 0) is 6.18 Å². The Balaban J connectivity index is 1.84. The number of benzene rings is 1. The second-order valence-corrected chi connectivity index (χ2v) is 6.35. The van der Waals surface area contributed by atoms with Gasteiger partial charge in [0.05, 0.1) is 21.9 Å². The number of piperazine rings is 1. The highest BCUT2D eigenvalue weighted by atomic mass is 19.4. The van der Waals surface area contributed by atoms with Gasteiger partial charge in [-0.15, -0.1) is 0 Å². The number of alkyl halides is 3. The minimum atomic E-state index is -4.67. The summed E-state index contributed by atoms with van der Waals surface area (Å²) in [6.45, 7) is 5.32. The van der Waals surface area contributed by atoms with Crippen molar-refractivity contribution in [3.05, 3.63) is 51.5 Å². The number of non-ortho nitro benzene ring substituents is 1. The third-order valence-corrected chi connectivity index (χ3v) is 4.47. The number of nitro groups is 1. The zero-order valence-electron chi connectivity index (χ0n) is 14.8. The van der Waals surface area contributed by atoms with E-state index in [0.717, 1.165) is 23.3 Å². The van der Waals surface area contributed by atoms with Crippen LogP contribution in [0.2, 0.25) is 0 Å². The molecule has 27 heavy (non-hydrogen) atoms. The van der Waals surface area contributed by atoms with E-state index >= 15 is 0 Å².